The van der Waals surface area contributed by atoms with E-state index in [-0.39, 0.29) is 5.78 Å². The molecule has 6 heteroatoms. The first kappa shape index (κ1) is 21.2. The van der Waals surface area contributed by atoms with E-state index in [1.54, 1.807) is 30.0 Å². The summed E-state index contributed by atoms with van der Waals surface area (Å²) in [5, 5.41) is 10.3. The largest absolute Gasteiger partial charge is 0.478 e. The molecule has 0 bridgehead atoms. The normalized spacial score (nSPS) is 14.8. The van der Waals surface area contributed by atoms with E-state index in [0.717, 1.165) is 32.7 Å². The smallest absolute Gasteiger partial charge is 0.348 e. The van der Waals surface area contributed by atoms with Crippen molar-refractivity contribution in [1.82, 2.24) is 0 Å². The Balaban J connectivity index is 1.60. The molecule has 1 aliphatic rings. The fraction of sp³-hybridized carbons (Fsp3) is 0.280. The number of rotatable bonds is 7. The zero-order valence-electron chi connectivity index (χ0n) is 17.9. The number of thioether (sulfide) groups is 1. The van der Waals surface area contributed by atoms with Gasteiger partial charge in [-0.15, -0.1) is 11.8 Å². The molecular weight excluding hydrogens is 412 g/mol. The van der Waals surface area contributed by atoms with Crippen LogP contribution >= 0.6 is 11.8 Å². The van der Waals surface area contributed by atoms with Gasteiger partial charge in [-0.3, -0.25) is 4.79 Å². The van der Waals surface area contributed by atoms with Crippen molar-refractivity contribution >= 4 is 40.6 Å². The SMILES string of the molecule is CSc1ccc(C(=O)/C=C/c2cc(C)c(OC3(C(=O)O)CC3)c(C)c2)c2oc(C)cc12. The Bertz CT molecular complexity index is 1210. The Morgan fingerprint density at radius 2 is 1.81 bits per heavy atom. The van der Waals surface area contributed by atoms with Gasteiger partial charge in [-0.25, -0.2) is 4.79 Å². The lowest BCUT2D eigenvalue weighted by Crippen LogP contribution is -2.29. The van der Waals surface area contributed by atoms with Crippen molar-refractivity contribution < 1.29 is 23.8 Å². The fourth-order valence-corrected chi connectivity index (χ4v) is 4.34. The molecule has 2 aromatic carbocycles. The van der Waals surface area contributed by atoms with Crippen LogP contribution in [0.15, 0.2) is 45.7 Å². The molecule has 1 aliphatic carbocycles. The molecule has 0 saturated heterocycles. The van der Waals surface area contributed by atoms with Gasteiger partial charge < -0.3 is 14.3 Å². The van der Waals surface area contributed by atoms with Crippen molar-refractivity contribution in [3.8, 4) is 5.75 Å². The van der Waals surface area contributed by atoms with E-state index < -0.39 is 11.6 Å². The number of carbonyl (C=O) groups is 2. The highest BCUT2D eigenvalue weighted by Crippen LogP contribution is 2.42. The number of ether oxygens (including phenoxy) is 1. The van der Waals surface area contributed by atoms with Gasteiger partial charge in [0.25, 0.3) is 0 Å². The van der Waals surface area contributed by atoms with Crippen LogP contribution in [0.2, 0.25) is 0 Å². The number of allylic oxidation sites excluding steroid dienone is 1. The first-order valence-electron chi connectivity index (χ1n) is 10.1. The lowest BCUT2D eigenvalue weighted by Gasteiger charge is -2.18. The van der Waals surface area contributed by atoms with Crippen molar-refractivity contribution in [1.29, 1.82) is 0 Å². The quantitative estimate of drug-likeness (QED) is 0.279. The molecule has 1 heterocycles. The maximum Gasteiger partial charge on any atom is 0.348 e. The molecule has 160 valence electrons. The van der Waals surface area contributed by atoms with Crippen molar-refractivity contribution in [3.63, 3.8) is 0 Å². The van der Waals surface area contributed by atoms with E-state index in [1.807, 2.05) is 51.3 Å². The van der Waals surface area contributed by atoms with E-state index in [9.17, 15) is 14.7 Å². The molecule has 1 N–H and O–H groups in total. The third-order valence-corrected chi connectivity index (χ3v) is 6.35. The molecule has 0 amide bonds. The van der Waals surface area contributed by atoms with E-state index >= 15 is 0 Å². The van der Waals surface area contributed by atoms with E-state index in [0.29, 0.717) is 29.7 Å². The van der Waals surface area contributed by atoms with Crippen LogP contribution in [0, 0.1) is 20.8 Å². The minimum Gasteiger partial charge on any atom is -0.478 e. The number of fused-ring (bicyclic) bond motifs is 1. The van der Waals surface area contributed by atoms with Gasteiger partial charge in [0, 0.05) is 23.1 Å². The molecule has 3 aromatic rings. The van der Waals surface area contributed by atoms with Crippen molar-refractivity contribution in [2.75, 3.05) is 6.26 Å². The highest BCUT2D eigenvalue weighted by Gasteiger charge is 2.53. The molecule has 0 unspecified atom stereocenters. The standard InChI is InChI=1S/C25H24O5S/c1-14-11-17(12-15(2)22(14)30-25(9-10-25)24(27)28)5-7-20(26)18-6-8-21(31-4)19-13-16(3)29-23(18)19/h5-8,11-13H,9-10H2,1-4H3,(H,27,28)/b7-5+. The highest BCUT2D eigenvalue weighted by atomic mass is 32.2. The number of aryl methyl sites for hydroxylation is 3. The summed E-state index contributed by atoms with van der Waals surface area (Å²) in [5.41, 5.74) is 2.59. The number of carboxylic acid groups (broad SMARTS) is 1. The first-order chi connectivity index (χ1) is 14.7. The average Bonchev–Trinajstić information content (AvgIpc) is 3.41. The van der Waals surface area contributed by atoms with Gasteiger partial charge >= 0.3 is 5.97 Å². The average molecular weight is 437 g/mol. The number of ketones is 1. The highest BCUT2D eigenvalue weighted by molar-refractivity contribution is 7.98. The molecule has 31 heavy (non-hydrogen) atoms. The van der Waals surface area contributed by atoms with E-state index in [4.69, 9.17) is 9.15 Å². The summed E-state index contributed by atoms with van der Waals surface area (Å²) in [5.74, 6) is 0.313. The monoisotopic (exact) mass is 436 g/mol. The number of aliphatic carboxylic acids is 1. The summed E-state index contributed by atoms with van der Waals surface area (Å²) in [6.45, 7) is 5.64. The molecule has 1 aromatic heterocycles. The van der Waals surface area contributed by atoms with E-state index in [2.05, 4.69) is 0 Å². The third-order valence-electron chi connectivity index (χ3n) is 5.55. The minimum absolute atomic E-state index is 0.134. The Kier molecular flexibility index (Phi) is 5.43. The van der Waals surface area contributed by atoms with Crippen LogP contribution in [0.4, 0.5) is 0 Å². The van der Waals surface area contributed by atoms with Gasteiger partial charge in [0.1, 0.15) is 17.1 Å². The molecule has 0 radical (unpaired) electrons. The van der Waals surface area contributed by atoms with Crippen LogP contribution in [0.3, 0.4) is 0 Å². The maximum atomic E-state index is 12.9. The van der Waals surface area contributed by atoms with Gasteiger partial charge in [0.05, 0.1) is 5.56 Å². The van der Waals surface area contributed by atoms with Gasteiger partial charge in [-0.05, 0) is 80.1 Å². The summed E-state index contributed by atoms with van der Waals surface area (Å²) in [7, 11) is 0. The number of carboxylic acids is 1. The van der Waals surface area contributed by atoms with Crippen LogP contribution in [-0.4, -0.2) is 28.7 Å². The molecule has 0 spiro atoms. The van der Waals surface area contributed by atoms with Crippen LogP contribution in [-0.2, 0) is 4.79 Å². The summed E-state index contributed by atoms with van der Waals surface area (Å²) in [4.78, 5) is 25.4. The van der Waals surface area contributed by atoms with Crippen molar-refractivity contribution in [2.24, 2.45) is 0 Å². The lowest BCUT2D eigenvalue weighted by molar-refractivity contribution is -0.147. The fourth-order valence-electron chi connectivity index (χ4n) is 3.76. The summed E-state index contributed by atoms with van der Waals surface area (Å²) < 4.78 is 11.7. The molecule has 0 aliphatic heterocycles. The molecule has 1 saturated carbocycles. The number of furan rings is 1. The predicted octanol–water partition coefficient (Wildman–Crippen LogP) is 5.97. The van der Waals surface area contributed by atoms with Crippen molar-refractivity contribution in [3.05, 3.63) is 64.4 Å². The van der Waals surface area contributed by atoms with Gasteiger partial charge in [0.2, 0.25) is 5.60 Å². The van der Waals surface area contributed by atoms with Crippen LogP contribution in [0.5, 0.6) is 5.75 Å². The molecule has 5 nitrogen and oxygen atoms in total. The Hall–Kier alpha value is -2.99. The van der Waals surface area contributed by atoms with Crippen LogP contribution in [0.25, 0.3) is 17.0 Å². The summed E-state index contributed by atoms with van der Waals surface area (Å²) >= 11 is 1.62. The number of carbonyl (C=O) groups excluding carboxylic acids is 1. The summed E-state index contributed by atoms with van der Waals surface area (Å²) in [6.07, 6.45) is 6.35. The Labute approximate surface area is 185 Å². The zero-order valence-corrected chi connectivity index (χ0v) is 18.8. The van der Waals surface area contributed by atoms with Gasteiger partial charge in [-0.2, -0.15) is 0 Å². The van der Waals surface area contributed by atoms with E-state index in [1.165, 1.54) is 0 Å². The first-order valence-corrected chi connectivity index (χ1v) is 11.3. The molecule has 1 fully saturated rings. The number of hydrogen-bond donors (Lipinski definition) is 1. The van der Waals surface area contributed by atoms with Crippen LogP contribution < -0.4 is 4.74 Å². The molecule has 0 atom stereocenters. The molecule has 4 rings (SSSR count). The topological polar surface area (TPSA) is 76.7 Å². The number of hydrogen-bond acceptors (Lipinski definition) is 5. The molecular formula is C25H24O5S. The third kappa shape index (κ3) is 4.00. The van der Waals surface area contributed by atoms with Crippen molar-refractivity contribution in [2.45, 2.75) is 44.1 Å². The van der Waals surface area contributed by atoms with Crippen LogP contribution in [0.1, 0.15) is 45.7 Å². The minimum atomic E-state index is -1.08. The second-order valence-corrected chi connectivity index (χ2v) is 8.85. The van der Waals surface area contributed by atoms with Gasteiger partial charge in [0.15, 0.2) is 5.78 Å². The number of benzene rings is 2. The second-order valence-electron chi connectivity index (χ2n) is 8.00. The summed E-state index contributed by atoms with van der Waals surface area (Å²) in [6, 6.07) is 9.50. The lowest BCUT2D eigenvalue weighted by atomic mass is 10.0. The Morgan fingerprint density at radius 3 is 2.39 bits per heavy atom. The zero-order chi connectivity index (χ0) is 22.3. The van der Waals surface area contributed by atoms with Gasteiger partial charge in [-0.1, -0.05) is 6.08 Å². The maximum absolute atomic E-state index is 12.9. The second kappa shape index (κ2) is 7.93. The Morgan fingerprint density at radius 1 is 1.13 bits per heavy atom. The predicted molar refractivity (Wildman–Crippen MR) is 122 cm³/mol.